The highest BCUT2D eigenvalue weighted by molar-refractivity contribution is 5.88. The molecular weight excluding hydrogens is 264 g/mol. The largest absolute Gasteiger partial charge is 0.382 e. The number of carbonyl (C=O) groups is 1. The van der Waals surface area contributed by atoms with Gasteiger partial charge in [0.05, 0.1) is 6.10 Å². The number of ether oxygens (including phenoxy) is 1. The van der Waals surface area contributed by atoms with E-state index in [1.54, 1.807) is 0 Å². The van der Waals surface area contributed by atoms with Gasteiger partial charge in [0.2, 0.25) is 5.91 Å². The lowest BCUT2D eigenvalue weighted by Gasteiger charge is -2.61. The summed E-state index contributed by atoms with van der Waals surface area (Å²) in [7, 11) is 0. The minimum absolute atomic E-state index is 0.0392. The predicted molar refractivity (Wildman–Crippen MR) is 84.5 cm³/mol. The van der Waals surface area contributed by atoms with Crippen molar-refractivity contribution in [1.29, 1.82) is 0 Å². The zero-order valence-electron chi connectivity index (χ0n) is 12.8. The van der Waals surface area contributed by atoms with E-state index in [2.05, 4.69) is 17.6 Å². The van der Waals surface area contributed by atoms with Gasteiger partial charge in [0, 0.05) is 36.4 Å². The molecule has 1 aromatic carbocycles. The highest BCUT2D eigenvalue weighted by Gasteiger charge is 2.58. The molecule has 1 spiro atoms. The van der Waals surface area contributed by atoms with Crippen LogP contribution in [0.5, 0.6) is 0 Å². The number of anilines is 2. The normalized spacial score (nSPS) is 25.8. The first-order valence-electron chi connectivity index (χ1n) is 7.90. The van der Waals surface area contributed by atoms with Gasteiger partial charge in [0.25, 0.3) is 0 Å². The molecule has 2 saturated carbocycles. The SMILES string of the molecule is CCOC1CC(Nc2ccc(NC(C)=O)cc2)C12CCC2. The minimum atomic E-state index is -0.0392. The van der Waals surface area contributed by atoms with E-state index in [4.69, 9.17) is 4.74 Å². The summed E-state index contributed by atoms with van der Waals surface area (Å²) in [6.45, 7) is 4.41. The summed E-state index contributed by atoms with van der Waals surface area (Å²) >= 11 is 0. The average molecular weight is 288 g/mol. The van der Waals surface area contributed by atoms with Crippen LogP contribution < -0.4 is 10.6 Å². The van der Waals surface area contributed by atoms with Crippen molar-refractivity contribution in [3.8, 4) is 0 Å². The lowest BCUT2D eigenvalue weighted by molar-refractivity contribution is -0.157. The third kappa shape index (κ3) is 2.64. The number of nitrogens with one attached hydrogen (secondary N) is 2. The van der Waals surface area contributed by atoms with Gasteiger partial charge in [-0.25, -0.2) is 0 Å². The van der Waals surface area contributed by atoms with Crippen LogP contribution in [-0.2, 0) is 9.53 Å². The Morgan fingerprint density at radius 1 is 1.29 bits per heavy atom. The fourth-order valence-corrected chi connectivity index (χ4v) is 3.69. The first kappa shape index (κ1) is 14.4. The van der Waals surface area contributed by atoms with Crippen LogP contribution in [0.1, 0.15) is 39.5 Å². The van der Waals surface area contributed by atoms with Crippen molar-refractivity contribution in [3.05, 3.63) is 24.3 Å². The highest BCUT2D eigenvalue weighted by Crippen LogP contribution is 2.58. The Kier molecular flexibility index (Phi) is 3.89. The van der Waals surface area contributed by atoms with Gasteiger partial charge in [0.1, 0.15) is 0 Å². The third-order valence-corrected chi connectivity index (χ3v) is 4.98. The van der Waals surface area contributed by atoms with Crippen molar-refractivity contribution in [3.63, 3.8) is 0 Å². The minimum Gasteiger partial charge on any atom is -0.382 e. The van der Waals surface area contributed by atoms with Crippen LogP contribution in [-0.4, -0.2) is 24.7 Å². The highest BCUT2D eigenvalue weighted by atomic mass is 16.5. The quantitative estimate of drug-likeness (QED) is 0.873. The van der Waals surface area contributed by atoms with Crippen molar-refractivity contribution in [2.45, 2.75) is 51.7 Å². The maximum absolute atomic E-state index is 11.0. The van der Waals surface area contributed by atoms with Crippen molar-refractivity contribution >= 4 is 17.3 Å². The first-order chi connectivity index (χ1) is 10.1. The predicted octanol–water partition coefficient (Wildman–Crippen LogP) is 3.40. The Bertz CT molecular complexity index is 508. The molecule has 0 aliphatic heterocycles. The van der Waals surface area contributed by atoms with E-state index in [0.717, 1.165) is 24.4 Å². The Labute approximate surface area is 126 Å². The van der Waals surface area contributed by atoms with Gasteiger partial charge in [0.15, 0.2) is 0 Å². The number of hydrogen-bond donors (Lipinski definition) is 2. The number of benzene rings is 1. The second-order valence-electron chi connectivity index (χ2n) is 6.22. The summed E-state index contributed by atoms with van der Waals surface area (Å²) < 4.78 is 5.88. The molecule has 2 unspecified atom stereocenters. The van der Waals surface area contributed by atoms with Crippen molar-refractivity contribution in [1.82, 2.24) is 0 Å². The maximum atomic E-state index is 11.0. The molecule has 2 aliphatic carbocycles. The lowest BCUT2D eigenvalue weighted by Crippen LogP contribution is -2.64. The molecule has 0 saturated heterocycles. The smallest absolute Gasteiger partial charge is 0.221 e. The van der Waals surface area contributed by atoms with Gasteiger partial charge in [-0.1, -0.05) is 6.42 Å². The molecule has 114 valence electrons. The number of amides is 1. The Hall–Kier alpha value is -1.55. The van der Waals surface area contributed by atoms with Gasteiger partial charge >= 0.3 is 0 Å². The summed E-state index contributed by atoms with van der Waals surface area (Å²) in [5, 5.41) is 6.44. The maximum Gasteiger partial charge on any atom is 0.221 e. The van der Waals surface area contributed by atoms with Crippen LogP contribution in [0.15, 0.2) is 24.3 Å². The second-order valence-corrected chi connectivity index (χ2v) is 6.22. The molecule has 4 heteroatoms. The van der Waals surface area contributed by atoms with E-state index in [1.807, 2.05) is 24.3 Å². The molecule has 3 rings (SSSR count). The zero-order valence-corrected chi connectivity index (χ0v) is 12.8. The molecule has 2 N–H and O–H groups in total. The lowest BCUT2D eigenvalue weighted by atomic mass is 9.51. The van der Waals surface area contributed by atoms with Crippen LogP contribution in [0.2, 0.25) is 0 Å². The first-order valence-corrected chi connectivity index (χ1v) is 7.90. The molecule has 1 amide bonds. The van der Waals surface area contributed by atoms with E-state index in [0.29, 0.717) is 17.6 Å². The number of rotatable bonds is 5. The van der Waals surface area contributed by atoms with Crippen LogP contribution in [0.25, 0.3) is 0 Å². The molecule has 21 heavy (non-hydrogen) atoms. The molecule has 0 heterocycles. The topological polar surface area (TPSA) is 50.4 Å². The van der Waals surface area contributed by atoms with Crippen molar-refractivity contribution < 1.29 is 9.53 Å². The van der Waals surface area contributed by atoms with Crippen LogP contribution >= 0.6 is 0 Å². The molecule has 0 aromatic heterocycles. The van der Waals surface area contributed by atoms with Gasteiger partial charge in [-0.2, -0.15) is 0 Å². The third-order valence-electron chi connectivity index (χ3n) is 4.98. The van der Waals surface area contributed by atoms with Crippen molar-refractivity contribution in [2.75, 3.05) is 17.2 Å². The summed E-state index contributed by atoms with van der Waals surface area (Å²) in [4.78, 5) is 11.0. The molecule has 0 bridgehead atoms. The molecule has 0 radical (unpaired) electrons. The molecule has 2 atom stereocenters. The van der Waals surface area contributed by atoms with E-state index in [1.165, 1.54) is 26.2 Å². The van der Waals surface area contributed by atoms with E-state index >= 15 is 0 Å². The Balaban J connectivity index is 1.61. The molecule has 1 aromatic rings. The van der Waals surface area contributed by atoms with Crippen LogP contribution in [0, 0.1) is 5.41 Å². The van der Waals surface area contributed by atoms with Crippen LogP contribution in [0.4, 0.5) is 11.4 Å². The van der Waals surface area contributed by atoms with Gasteiger partial charge < -0.3 is 15.4 Å². The van der Waals surface area contributed by atoms with Gasteiger partial charge in [-0.15, -0.1) is 0 Å². The Morgan fingerprint density at radius 2 is 1.95 bits per heavy atom. The van der Waals surface area contributed by atoms with Gasteiger partial charge in [-0.3, -0.25) is 4.79 Å². The van der Waals surface area contributed by atoms with E-state index in [9.17, 15) is 4.79 Å². The van der Waals surface area contributed by atoms with Gasteiger partial charge in [-0.05, 0) is 50.5 Å². The average Bonchev–Trinajstić information content (AvgIpc) is 2.37. The summed E-state index contributed by atoms with van der Waals surface area (Å²) in [6.07, 6.45) is 5.41. The monoisotopic (exact) mass is 288 g/mol. The summed E-state index contributed by atoms with van der Waals surface area (Å²) in [5.74, 6) is -0.0392. The molecule has 2 fully saturated rings. The number of hydrogen-bond acceptors (Lipinski definition) is 3. The fourth-order valence-electron chi connectivity index (χ4n) is 3.69. The second kappa shape index (κ2) is 5.68. The fraction of sp³-hybridized carbons (Fsp3) is 0.588. The summed E-state index contributed by atoms with van der Waals surface area (Å²) in [5.41, 5.74) is 2.33. The summed E-state index contributed by atoms with van der Waals surface area (Å²) in [6, 6.07) is 8.47. The molecule has 4 nitrogen and oxygen atoms in total. The standard InChI is InChI=1S/C17H24N2O2/c1-3-21-16-11-15(17(16)9-4-10-17)19-14-7-5-13(6-8-14)18-12(2)20/h5-8,15-16,19H,3-4,9-11H2,1-2H3,(H,18,20). The van der Waals surface area contributed by atoms with E-state index < -0.39 is 0 Å². The zero-order chi connectivity index (χ0) is 14.9. The number of carbonyl (C=O) groups excluding carboxylic acids is 1. The molecule has 2 aliphatic rings. The van der Waals surface area contributed by atoms with Crippen LogP contribution in [0.3, 0.4) is 0 Å². The van der Waals surface area contributed by atoms with Crippen molar-refractivity contribution in [2.24, 2.45) is 5.41 Å². The molecular formula is C17H24N2O2. The van der Waals surface area contributed by atoms with E-state index in [-0.39, 0.29) is 5.91 Å². The Morgan fingerprint density at radius 3 is 2.48 bits per heavy atom.